The van der Waals surface area contributed by atoms with Gasteiger partial charge in [0, 0.05) is 29.2 Å². The molecule has 0 fully saturated rings. The smallest absolute Gasteiger partial charge is 0.176 e. The molecule has 0 radical (unpaired) electrons. The molecule has 0 saturated carbocycles. The molecule has 3 aliphatic rings. The second-order valence-corrected chi connectivity index (χ2v) is 15.7. The van der Waals surface area contributed by atoms with Gasteiger partial charge in [0.1, 0.15) is 0 Å². The average molecular weight is 720 g/mol. The molecule has 3 nitrogen and oxygen atoms in total. The van der Waals surface area contributed by atoms with Crippen LogP contribution in [0, 0.1) is 0 Å². The highest BCUT2D eigenvalue weighted by Crippen LogP contribution is 2.52. The zero-order chi connectivity index (χ0) is 35.9. The lowest BCUT2D eigenvalue weighted by atomic mass is 9.90. The number of benzene rings is 8. The van der Waals surface area contributed by atoms with E-state index < -0.39 is 0 Å². The van der Waals surface area contributed by atoms with Gasteiger partial charge in [-0.2, -0.15) is 0 Å². The molecule has 2 heterocycles. The number of hydrogen-bond acceptors (Lipinski definition) is 2. The second-order valence-electron chi connectivity index (χ2n) is 15.4. The molecule has 0 aliphatic heterocycles. The summed E-state index contributed by atoms with van der Waals surface area (Å²) in [5.74, 6) is 0.680. The van der Waals surface area contributed by atoms with Crippen LogP contribution in [-0.4, -0.2) is 14.5 Å². The fourth-order valence-corrected chi connectivity index (χ4v) is 10.4. The zero-order valence-electron chi connectivity index (χ0n) is 29.7. The van der Waals surface area contributed by atoms with Gasteiger partial charge in [0.25, 0.3) is 0 Å². The second kappa shape index (κ2) is 10.8. The van der Waals surface area contributed by atoms with Crippen molar-refractivity contribution in [2.75, 3.05) is 0 Å². The number of hydrogen-bond donors (Lipinski definition) is 0. The molecule has 0 spiro atoms. The van der Waals surface area contributed by atoms with Crippen molar-refractivity contribution < 1.29 is 0 Å². The Labute approximate surface area is 322 Å². The summed E-state index contributed by atoms with van der Waals surface area (Å²) < 4.78 is 2.33. The van der Waals surface area contributed by atoms with Gasteiger partial charge < -0.3 is 0 Å². The SMILES string of the molecule is Clc1nc2c(nc1-n1c3ccccc3c3c4cc(-c5ccc6c(c5)-c5ccccc5C6)ccc4c4c(c31)Cc1c-4ccc3ccccc13)-c1ccccc1C2. The van der Waals surface area contributed by atoms with Crippen molar-refractivity contribution in [1.82, 2.24) is 14.5 Å². The summed E-state index contributed by atoms with van der Waals surface area (Å²) in [6.45, 7) is 0. The summed E-state index contributed by atoms with van der Waals surface area (Å²) in [4.78, 5) is 10.5. The molecule has 0 unspecified atom stereocenters. The molecule has 0 saturated heterocycles. The summed E-state index contributed by atoms with van der Waals surface area (Å²) in [6.07, 6.45) is 2.55. The first-order chi connectivity index (χ1) is 27.2. The third-order valence-electron chi connectivity index (χ3n) is 12.6. The van der Waals surface area contributed by atoms with Crippen LogP contribution in [0.4, 0.5) is 0 Å². The zero-order valence-corrected chi connectivity index (χ0v) is 30.5. The van der Waals surface area contributed by atoms with E-state index in [1.165, 1.54) is 93.5 Å². The van der Waals surface area contributed by atoms with Crippen LogP contribution in [0.2, 0.25) is 5.15 Å². The number of aromatic nitrogens is 3. The number of nitrogens with zero attached hydrogens (tertiary/aromatic N) is 3. The van der Waals surface area contributed by atoms with Crippen molar-refractivity contribution in [3.63, 3.8) is 0 Å². The lowest BCUT2D eigenvalue weighted by molar-refractivity contribution is 1.01. The highest BCUT2D eigenvalue weighted by Gasteiger charge is 2.32. The highest BCUT2D eigenvalue weighted by atomic mass is 35.5. The molecular formula is C51H30ClN3. The molecule has 13 rings (SSSR count). The van der Waals surface area contributed by atoms with E-state index in [1.54, 1.807) is 0 Å². The summed E-state index contributed by atoms with van der Waals surface area (Å²) >= 11 is 7.27. The monoisotopic (exact) mass is 719 g/mol. The van der Waals surface area contributed by atoms with E-state index in [-0.39, 0.29) is 0 Å². The standard InChI is InChI=1S/C51H30ClN3/c52-50-51(54-48-36-14-6-3-11-32(36)26-44(48)53-50)55-45-16-8-7-15-39(45)47-42-25-30(29-17-18-33-23-31-10-2-5-13-35(31)40(33)24-29)20-22-38(42)46-37-21-19-28-9-1-4-12-34(28)41(37)27-43(46)49(47)55/h1-22,24-25H,23,26-27H2. The Kier molecular flexibility index (Phi) is 5.85. The van der Waals surface area contributed by atoms with Gasteiger partial charge >= 0.3 is 0 Å². The van der Waals surface area contributed by atoms with Gasteiger partial charge in [-0.1, -0.05) is 139 Å². The predicted molar refractivity (Wildman–Crippen MR) is 227 cm³/mol. The Hall–Kier alpha value is -6.55. The van der Waals surface area contributed by atoms with E-state index in [0.717, 1.165) is 47.2 Å². The molecule has 10 aromatic rings. The Bertz CT molecular complexity index is 3370. The lowest BCUT2D eigenvalue weighted by Crippen LogP contribution is -2.05. The third kappa shape index (κ3) is 4.00. The van der Waals surface area contributed by atoms with Crippen molar-refractivity contribution in [2.24, 2.45) is 0 Å². The van der Waals surface area contributed by atoms with Crippen LogP contribution in [0.15, 0.2) is 146 Å². The minimum atomic E-state index is 0.427. The molecule has 256 valence electrons. The molecular weight excluding hydrogens is 690 g/mol. The van der Waals surface area contributed by atoms with Crippen LogP contribution in [0.25, 0.3) is 93.8 Å². The molecule has 0 atom stereocenters. The van der Waals surface area contributed by atoms with Gasteiger partial charge in [0.2, 0.25) is 0 Å². The topological polar surface area (TPSA) is 30.7 Å². The largest absolute Gasteiger partial charge is 0.291 e. The molecule has 0 bridgehead atoms. The maximum absolute atomic E-state index is 7.27. The molecule has 3 aliphatic carbocycles. The molecule has 0 N–H and O–H groups in total. The molecule has 2 aromatic heterocycles. The van der Waals surface area contributed by atoms with Crippen LogP contribution in [0.1, 0.15) is 33.5 Å². The van der Waals surface area contributed by atoms with Gasteiger partial charge in [0.15, 0.2) is 11.0 Å². The lowest BCUT2D eigenvalue weighted by Gasteiger charge is -2.16. The summed E-state index contributed by atoms with van der Waals surface area (Å²) in [5, 5.41) is 7.92. The number of halogens is 1. The fraction of sp³-hybridized carbons (Fsp3) is 0.0588. The molecule has 0 amide bonds. The van der Waals surface area contributed by atoms with Gasteiger partial charge in [0.05, 0.1) is 22.4 Å². The normalized spacial score (nSPS) is 13.3. The Morgan fingerprint density at radius 2 is 1.22 bits per heavy atom. The summed E-state index contributed by atoms with van der Waals surface area (Å²) in [5.41, 5.74) is 19.7. The summed E-state index contributed by atoms with van der Waals surface area (Å²) in [6, 6.07) is 53.7. The Morgan fingerprint density at radius 3 is 2.13 bits per heavy atom. The van der Waals surface area contributed by atoms with Gasteiger partial charge in [-0.25, -0.2) is 9.97 Å². The van der Waals surface area contributed by atoms with Crippen LogP contribution in [0.3, 0.4) is 0 Å². The van der Waals surface area contributed by atoms with E-state index >= 15 is 0 Å². The van der Waals surface area contributed by atoms with Crippen LogP contribution in [-0.2, 0) is 19.3 Å². The fourth-order valence-electron chi connectivity index (χ4n) is 10.2. The first kappa shape index (κ1) is 29.9. The average Bonchev–Trinajstić information content (AvgIpc) is 3.99. The number of rotatable bonds is 2. The molecule has 4 heteroatoms. The molecule has 55 heavy (non-hydrogen) atoms. The van der Waals surface area contributed by atoms with Crippen LogP contribution in [0.5, 0.6) is 0 Å². The minimum absolute atomic E-state index is 0.427. The van der Waals surface area contributed by atoms with E-state index in [4.69, 9.17) is 21.6 Å². The maximum Gasteiger partial charge on any atom is 0.176 e. The van der Waals surface area contributed by atoms with Crippen molar-refractivity contribution in [3.05, 3.63) is 184 Å². The van der Waals surface area contributed by atoms with Crippen LogP contribution < -0.4 is 0 Å². The first-order valence-corrected chi connectivity index (χ1v) is 19.4. The Morgan fingerprint density at radius 1 is 0.491 bits per heavy atom. The minimum Gasteiger partial charge on any atom is -0.291 e. The third-order valence-corrected chi connectivity index (χ3v) is 12.8. The maximum atomic E-state index is 7.27. The summed E-state index contributed by atoms with van der Waals surface area (Å²) in [7, 11) is 0. The quantitative estimate of drug-likeness (QED) is 0.178. The van der Waals surface area contributed by atoms with Gasteiger partial charge in [-0.15, -0.1) is 0 Å². The van der Waals surface area contributed by atoms with Gasteiger partial charge in [-0.3, -0.25) is 4.57 Å². The number of fused-ring (bicyclic) bond motifs is 18. The van der Waals surface area contributed by atoms with E-state index in [1.807, 2.05) is 0 Å². The first-order valence-electron chi connectivity index (χ1n) is 19.1. The predicted octanol–water partition coefficient (Wildman–Crippen LogP) is 12.9. The van der Waals surface area contributed by atoms with Crippen molar-refractivity contribution in [2.45, 2.75) is 19.3 Å². The van der Waals surface area contributed by atoms with Gasteiger partial charge in [-0.05, 0) is 107 Å². The Balaban J connectivity index is 1.15. The number of para-hydroxylation sites is 1. The van der Waals surface area contributed by atoms with Crippen LogP contribution >= 0.6 is 11.6 Å². The van der Waals surface area contributed by atoms with E-state index in [9.17, 15) is 0 Å². The van der Waals surface area contributed by atoms with E-state index in [0.29, 0.717) is 11.0 Å². The highest BCUT2D eigenvalue weighted by molar-refractivity contribution is 6.32. The molecule has 8 aromatic carbocycles. The van der Waals surface area contributed by atoms with E-state index in [2.05, 4.69) is 150 Å². The van der Waals surface area contributed by atoms with Crippen molar-refractivity contribution >= 4 is 55.0 Å². The van der Waals surface area contributed by atoms with Crippen molar-refractivity contribution in [3.8, 4) is 50.5 Å². The van der Waals surface area contributed by atoms with Crippen molar-refractivity contribution in [1.29, 1.82) is 0 Å².